The molecule has 2 fully saturated rings. The van der Waals surface area contributed by atoms with Gasteiger partial charge in [-0.2, -0.15) is 0 Å². The Kier molecular flexibility index (Phi) is 18.5. The zero-order valence-corrected chi connectivity index (χ0v) is 43.1. The molecule has 3 aromatic rings. The Bertz CT molecular complexity index is 2270. The van der Waals surface area contributed by atoms with E-state index in [0.29, 0.717) is 0 Å². The molecule has 17 heteroatoms. The van der Waals surface area contributed by atoms with E-state index in [2.05, 4.69) is 27.7 Å². The van der Waals surface area contributed by atoms with E-state index in [1.807, 2.05) is 104 Å². The largest absolute Gasteiger partial charge is 0.463 e. The first-order valence-electron chi connectivity index (χ1n) is 23.8. The Morgan fingerprint density at radius 2 is 1.07 bits per heavy atom. The second-order valence-electron chi connectivity index (χ2n) is 19.4. The van der Waals surface area contributed by atoms with Crippen LogP contribution in [0.25, 0.3) is 0 Å². The van der Waals surface area contributed by atoms with Crippen molar-refractivity contribution < 1.29 is 71.0 Å². The van der Waals surface area contributed by atoms with Gasteiger partial charge in [-0.15, -0.1) is 0 Å². The van der Waals surface area contributed by atoms with Gasteiger partial charge in [0.05, 0.1) is 26.4 Å². The van der Waals surface area contributed by atoms with Crippen LogP contribution in [0.3, 0.4) is 0 Å². The van der Waals surface area contributed by atoms with Crippen LogP contribution in [0.2, 0.25) is 18.1 Å². The second kappa shape index (κ2) is 23.9. The molecule has 0 bridgehead atoms. The molecular weight excluding hydrogens is 919 g/mol. The van der Waals surface area contributed by atoms with Crippen LogP contribution < -0.4 is 0 Å². The maximum absolute atomic E-state index is 14.3. The van der Waals surface area contributed by atoms with Crippen molar-refractivity contribution in [1.82, 2.24) is 4.90 Å². The minimum absolute atomic E-state index is 0.0262. The molecule has 380 valence electrons. The predicted octanol–water partition coefficient (Wildman–Crippen LogP) is 7.37. The molecular formula is C53H69NO15Si. The lowest BCUT2D eigenvalue weighted by molar-refractivity contribution is -0.356. The molecule has 3 aliphatic rings. The number of rotatable bonds is 21. The third-order valence-corrected chi connectivity index (χ3v) is 18.4. The lowest BCUT2D eigenvalue weighted by Gasteiger charge is -2.53. The maximum Gasteiger partial charge on any atom is 0.303 e. The number of benzene rings is 3. The van der Waals surface area contributed by atoms with Gasteiger partial charge in [-0.05, 0) is 54.6 Å². The monoisotopic (exact) mass is 987 g/mol. The van der Waals surface area contributed by atoms with Crippen LogP contribution in [0.4, 0.5) is 0 Å². The highest BCUT2D eigenvalue weighted by Crippen LogP contribution is 2.47. The van der Waals surface area contributed by atoms with Gasteiger partial charge in [0.25, 0.3) is 11.8 Å². The zero-order chi connectivity index (χ0) is 50.9. The molecule has 2 amide bonds. The number of hydrogen-bond acceptors (Lipinski definition) is 15. The number of amides is 2. The van der Waals surface area contributed by atoms with E-state index in [1.165, 1.54) is 20.8 Å². The average Bonchev–Trinajstić information content (AvgIpc) is 3.50. The quantitative estimate of drug-likeness (QED) is 0.0447. The van der Waals surface area contributed by atoms with E-state index in [9.17, 15) is 24.0 Å². The number of carbonyl (C=O) groups excluding carboxylic acids is 5. The third-order valence-electron chi connectivity index (χ3n) is 13.9. The molecule has 3 heterocycles. The number of imide groups is 1. The van der Waals surface area contributed by atoms with Crippen molar-refractivity contribution in [2.45, 2.75) is 162 Å². The maximum atomic E-state index is 14.3. The molecule has 0 radical (unpaired) electrons. The first kappa shape index (κ1) is 54.2. The van der Waals surface area contributed by atoms with Gasteiger partial charge in [-0.3, -0.25) is 28.9 Å². The Morgan fingerprint density at radius 1 is 0.614 bits per heavy atom. The van der Waals surface area contributed by atoms with Crippen LogP contribution in [-0.4, -0.2) is 118 Å². The van der Waals surface area contributed by atoms with Crippen LogP contribution in [0.1, 0.15) is 79.0 Å². The minimum atomic E-state index is -2.91. The molecule has 16 nitrogen and oxygen atoms in total. The SMILES string of the molecule is CC(=O)OC[C@H]1O[C@@H](O[C@H]2[C@@H](OC(C)=O)[C@@H](N3C(=O)C(C)=C(C)C3=O)[C@H](O[Si](C)(C)C(C)(C)C(C)C)O[C@@H]2COCc2ccccc2)[C@H](OC(C)=O)[C@@H](OCc2ccccc2)[C@@H]1OCc1ccccc1. The fourth-order valence-corrected chi connectivity index (χ4v) is 11.1. The molecule has 0 spiro atoms. The molecule has 3 aliphatic heterocycles. The second-order valence-corrected chi connectivity index (χ2v) is 23.9. The molecule has 70 heavy (non-hydrogen) atoms. The zero-order valence-electron chi connectivity index (χ0n) is 42.1. The van der Waals surface area contributed by atoms with Crippen molar-refractivity contribution in [3.05, 3.63) is 119 Å². The number of ether oxygens (including phenoxy) is 9. The van der Waals surface area contributed by atoms with Crippen molar-refractivity contribution in [3.63, 3.8) is 0 Å². The number of hydrogen-bond donors (Lipinski definition) is 0. The van der Waals surface area contributed by atoms with Crippen LogP contribution in [0.15, 0.2) is 102 Å². The van der Waals surface area contributed by atoms with Crippen molar-refractivity contribution in [2.24, 2.45) is 5.92 Å². The van der Waals surface area contributed by atoms with Crippen molar-refractivity contribution in [1.29, 1.82) is 0 Å². The third kappa shape index (κ3) is 13.0. The highest BCUT2D eigenvalue weighted by Gasteiger charge is 2.60. The summed E-state index contributed by atoms with van der Waals surface area (Å²) in [5, 5.41) is -0.383. The summed E-state index contributed by atoms with van der Waals surface area (Å²) in [4.78, 5) is 68.9. The van der Waals surface area contributed by atoms with Crippen molar-refractivity contribution in [3.8, 4) is 0 Å². The number of esters is 3. The van der Waals surface area contributed by atoms with Crippen molar-refractivity contribution in [2.75, 3.05) is 13.2 Å². The van der Waals surface area contributed by atoms with Gasteiger partial charge in [-0.1, -0.05) is 119 Å². The summed E-state index contributed by atoms with van der Waals surface area (Å²) >= 11 is 0. The summed E-state index contributed by atoms with van der Waals surface area (Å²) < 4.78 is 65.4. The standard InChI is InChI=1S/C53H69NO15Si/c1-32(2)53(8,9)70(10,11)69-51-43(54-49(58)33(3)34(4)50(54)59)46(64-36(6)56)45(41(66-51)30-60-27-38-21-15-12-16-22-38)68-52-48(65-37(7)57)47(63-29-40-25-19-14-20-26-40)44(42(67-52)31-61-35(5)55)62-28-39-23-17-13-18-24-39/h12-26,32,41-48,51-52H,27-31H2,1-11H3/t41-,42-,43-,44-,45-,46+,47+,48-,51+,52+/m1/s1. The molecule has 6 rings (SSSR count). The fraction of sp³-hybridized carbons (Fsp3) is 0.528. The Morgan fingerprint density at radius 3 is 1.56 bits per heavy atom. The van der Waals surface area contributed by atoms with E-state index < -0.39 is 99.4 Å². The van der Waals surface area contributed by atoms with E-state index in [4.69, 9.17) is 47.1 Å². The Balaban J connectivity index is 1.49. The van der Waals surface area contributed by atoms with Gasteiger partial charge in [0.1, 0.15) is 43.2 Å². The smallest absolute Gasteiger partial charge is 0.303 e. The van der Waals surface area contributed by atoms with Gasteiger partial charge in [0.15, 0.2) is 33.1 Å². The van der Waals surface area contributed by atoms with E-state index in [-0.39, 0.29) is 55.1 Å². The number of carbonyl (C=O) groups is 5. The predicted molar refractivity (Wildman–Crippen MR) is 258 cm³/mol. The van der Waals surface area contributed by atoms with Crippen LogP contribution in [0, 0.1) is 5.92 Å². The molecule has 0 unspecified atom stereocenters. The molecule has 0 saturated carbocycles. The van der Waals surface area contributed by atoms with E-state index in [0.717, 1.165) is 21.6 Å². The lowest BCUT2D eigenvalue weighted by atomic mass is 9.93. The number of nitrogens with zero attached hydrogens (tertiary/aromatic N) is 1. The molecule has 10 atom stereocenters. The summed E-state index contributed by atoms with van der Waals surface area (Å²) in [6.07, 6.45) is -11.7. The normalized spacial score (nSPS) is 26.4. The van der Waals surface area contributed by atoms with Gasteiger partial charge >= 0.3 is 17.9 Å². The summed E-state index contributed by atoms with van der Waals surface area (Å²) in [5.41, 5.74) is 2.87. The summed E-state index contributed by atoms with van der Waals surface area (Å²) in [6, 6.07) is 26.8. The first-order valence-corrected chi connectivity index (χ1v) is 26.7. The summed E-state index contributed by atoms with van der Waals surface area (Å²) in [6.45, 7) is 19.0. The fourth-order valence-electron chi connectivity index (χ4n) is 8.65. The van der Waals surface area contributed by atoms with Gasteiger partial charge < -0.3 is 47.1 Å². The van der Waals surface area contributed by atoms with Crippen molar-refractivity contribution >= 4 is 38.0 Å². The van der Waals surface area contributed by atoms with Crippen LogP contribution >= 0.6 is 0 Å². The molecule has 2 saturated heterocycles. The van der Waals surface area contributed by atoms with Crippen LogP contribution in [-0.2, 0) is 90.9 Å². The van der Waals surface area contributed by atoms with Gasteiger partial charge in [-0.25, -0.2) is 0 Å². The lowest BCUT2D eigenvalue weighted by Crippen LogP contribution is -2.70. The Labute approximate surface area is 412 Å². The minimum Gasteiger partial charge on any atom is -0.463 e. The van der Waals surface area contributed by atoms with E-state index >= 15 is 0 Å². The first-order chi connectivity index (χ1) is 33.2. The molecule has 0 aliphatic carbocycles. The summed E-state index contributed by atoms with van der Waals surface area (Å²) in [7, 11) is -2.91. The molecule has 0 aromatic heterocycles. The molecule has 0 N–H and O–H groups in total. The van der Waals surface area contributed by atoms with Gasteiger partial charge in [0.2, 0.25) is 0 Å². The van der Waals surface area contributed by atoms with Crippen LogP contribution in [0.5, 0.6) is 0 Å². The highest BCUT2D eigenvalue weighted by molar-refractivity contribution is 6.74. The molecule has 3 aromatic carbocycles. The Hall–Kier alpha value is -5.11. The van der Waals surface area contributed by atoms with E-state index in [1.54, 1.807) is 13.8 Å². The summed E-state index contributed by atoms with van der Waals surface area (Å²) in [5.74, 6) is -3.18. The van der Waals surface area contributed by atoms with Gasteiger partial charge in [0, 0.05) is 31.9 Å². The average molecular weight is 988 g/mol. The topological polar surface area (TPSA) is 181 Å². The highest BCUT2D eigenvalue weighted by atomic mass is 28.4.